The van der Waals surface area contributed by atoms with Gasteiger partial charge in [0.05, 0.1) is 11.0 Å². The van der Waals surface area contributed by atoms with E-state index in [1.54, 1.807) is 16.4 Å². The third-order valence-electron chi connectivity index (χ3n) is 3.54. The highest BCUT2D eigenvalue weighted by molar-refractivity contribution is 8.00. The number of rotatable bonds is 2. The summed E-state index contributed by atoms with van der Waals surface area (Å²) in [5, 5.41) is 25.0. The Morgan fingerprint density at radius 2 is 2.38 bits per heavy atom. The maximum Gasteiger partial charge on any atom is 0.209 e. The maximum atomic E-state index is 9.07. The molecule has 1 aromatic heterocycles. The van der Waals surface area contributed by atoms with Crippen LogP contribution in [0.4, 0.5) is 0 Å². The van der Waals surface area contributed by atoms with E-state index in [-0.39, 0.29) is 5.25 Å². The van der Waals surface area contributed by atoms with Crippen LogP contribution in [-0.4, -0.2) is 36.4 Å². The highest BCUT2D eigenvalue weighted by Crippen LogP contribution is 2.48. The predicted molar refractivity (Wildman–Crippen MR) is 58.5 cm³/mol. The van der Waals surface area contributed by atoms with Crippen LogP contribution in [0.5, 0.6) is 0 Å². The molecular weight excluding hydrogens is 226 g/mol. The Morgan fingerprint density at radius 3 is 3.06 bits per heavy atom. The number of hydrogen-bond acceptors (Lipinski definition) is 6. The molecule has 7 heteroatoms. The molecular formula is C9H13N5OS. The maximum absolute atomic E-state index is 9.07. The van der Waals surface area contributed by atoms with Gasteiger partial charge in [-0.3, -0.25) is 0 Å². The molecule has 0 aromatic carbocycles. The van der Waals surface area contributed by atoms with Gasteiger partial charge in [-0.15, -0.1) is 5.10 Å². The van der Waals surface area contributed by atoms with E-state index >= 15 is 0 Å². The third kappa shape index (κ3) is 1.41. The number of aromatic nitrogens is 4. The fraction of sp³-hybridized carbons (Fsp3) is 0.778. The summed E-state index contributed by atoms with van der Waals surface area (Å²) in [5.74, 6) is 1.10. The minimum absolute atomic E-state index is 0.258. The normalized spacial score (nSPS) is 35.1. The molecule has 0 spiro atoms. The van der Waals surface area contributed by atoms with E-state index in [4.69, 9.17) is 5.21 Å². The van der Waals surface area contributed by atoms with Crippen molar-refractivity contribution in [3.63, 3.8) is 0 Å². The molecule has 1 heterocycles. The van der Waals surface area contributed by atoms with Crippen molar-refractivity contribution in [1.82, 2.24) is 20.2 Å². The van der Waals surface area contributed by atoms with Gasteiger partial charge in [0.1, 0.15) is 0 Å². The molecule has 2 fully saturated rings. The molecule has 0 saturated heterocycles. The van der Waals surface area contributed by atoms with Gasteiger partial charge in [0.2, 0.25) is 5.16 Å². The van der Waals surface area contributed by atoms with Crippen LogP contribution < -0.4 is 0 Å². The summed E-state index contributed by atoms with van der Waals surface area (Å²) < 4.78 is 1.66. The van der Waals surface area contributed by atoms with Gasteiger partial charge < -0.3 is 5.21 Å². The number of oxime groups is 1. The first-order valence-corrected chi connectivity index (χ1v) is 6.28. The minimum Gasteiger partial charge on any atom is -0.411 e. The number of aryl methyl sites for hydroxylation is 1. The molecule has 0 radical (unpaired) electrons. The summed E-state index contributed by atoms with van der Waals surface area (Å²) in [6, 6.07) is 0. The zero-order valence-corrected chi connectivity index (χ0v) is 9.76. The van der Waals surface area contributed by atoms with Crippen molar-refractivity contribution in [1.29, 1.82) is 0 Å². The summed E-state index contributed by atoms with van der Waals surface area (Å²) >= 11 is 1.62. The van der Waals surface area contributed by atoms with Crippen LogP contribution in [0.15, 0.2) is 10.3 Å². The lowest BCUT2D eigenvalue weighted by Crippen LogP contribution is -2.25. The first-order chi connectivity index (χ1) is 7.79. The predicted octanol–water partition coefficient (Wildman–Crippen LogP) is 0.931. The van der Waals surface area contributed by atoms with Gasteiger partial charge in [0, 0.05) is 13.0 Å². The van der Waals surface area contributed by atoms with Crippen LogP contribution >= 0.6 is 11.8 Å². The molecule has 1 aromatic rings. The molecule has 1 N–H and O–H groups in total. The summed E-state index contributed by atoms with van der Waals surface area (Å²) in [5.41, 5.74) is 0.934. The number of thioether (sulfide) groups is 1. The SMILES string of the molecule is Cn1nnnc1SC1/C(=N\O)C2CCC1C2. The molecule has 86 valence electrons. The van der Waals surface area contributed by atoms with Gasteiger partial charge >= 0.3 is 0 Å². The quantitative estimate of drug-likeness (QED) is 0.613. The van der Waals surface area contributed by atoms with Crippen LogP contribution in [0.2, 0.25) is 0 Å². The molecule has 6 nitrogen and oxygen atoms in total. The lowest BCUT2D eigenvalue weighted by molar-refractivity contribution is 0.314. The largest absolute Gasteiger partial charge is 0.411 e. The average molecular weight is 239 g/mol. The van der Waals surface area contributed by atoms with E-state index in [1.807, 2.05) is 7.05 Å². The van der Waals surface area contributed by atoms with Gasteiger partial charge in [0.25, 0.3) is 0 Å². The monoisotopic (exact) mass is 239 g/mol. The van der Waals surface area contributed by atoms with Gasteiger partial charge in [-0.05, 0) is 35.6 Å². The second-order valence-electron chi connectivity index (χ2n) is 4.42. The first-order valence-electron chi connectivity index (χ1n) is 5.40. The van der Waals surface area contributed by atoms with Crippen molar-refractivity contribution in [3.8, 4) is 0 Å². The summed E-state index contributed by atoms with van der Waals surface area (Å²) in [7, 11) is 1.82. The van der Waals surface area contributed by atoms with Gasteiger partial charge in [-0.1, -0.05) is 16.9 Å². The van der Waals surface area contributed by atoms with Gasteiger partial charge in [-0.2, -0.15) is 0 Å². The van der Waals surface area contributed by atoms with Crippen LogP contribution in [-0.2, 0) is 7.05 Å². The van der Waals surface area contributed by atoms with Crippen molar-refractivity contribution in [2.24, 2.45) is 24.0 Å². The van der Waals surface area contributed by atoms with E-state index in [0.717, 1.165) is 23.7 Å². The summed E-state index contributed by atoms with van der Waals surface area (Å²) in [4.78, 5) is 0. The van der Waals surface area contributed by atoms with Crippen molar-refractivity contribution in [3.05, 3.63) is 0 Å². The average Bonchev–Trinajstić information content (AvgIpc) is 2.95. The van der Waals surface area contributed by atoms with E-state index < -0.39 is 0 Å². The Labute approximate surface area is 97.1 Å². The van der Waals surface area contributed by atoms with Gasteiger partial charge in [0.15, 0.2) is 0 Å². The topological polar surface area (TPSA) is 76.2 Å². The van der Waals surface area contributed by atoms with Crippen LogP contribution in [0.1, 0.15) is 19.3 Å². The summed E-state index contributed by atoms with van der Waals surface area (Å²) in [6.45, 7) is 0. The van der Waals surface area contributed by atoms with Crippen LogP contribution in [0.25, 0.3) is 0 Å². The van der Waals surface area contributed by atoms with Crippen molar-refractivity contribution in [2.75, 3.05) is 0 Å². The molecule has 0 aliphatic heterocycles. The summed E-state index contributed by atoms with van der Waals surface area (Å²) in [6.07, 6.45) is 3.55. The smallest absolute Gasteiger partial charge is 0.209 e. The Morgan fingerprint density at radius 1 is 1.50 bits per heavy atom. The zero-order chi connectivity index (χ0) is 11.1. The number of hydrogen-bond donors (Lipinski definition) is 1. The molecule has 3 atom stereocenters. The molecule has 16 heavy (non-hydrogen) atoms. The molecule has 2 bridgehead atoms. The number of tetrazole rings is 1. The van der Waals surface area contributed by atoms with Crippen molar-refractivity contribution < 1.29 is 5.21 Å². The molecule has 0 amide bonds. The van der Waals surface area contributed by atoms with Crippen molar-refractivity contribution in [2.45, 2.75) is 29.7 Å². The lowest BCUT2D eigenvalue weighted by Gasteiger charge is -2.20. The van der Waals surface area contributed by atoms with Crippen LogP contribution in [0.3, 0.4) is 0 Å². The van der Waals surface area contributed by atoms with E-state index in [2.05, 4.69) is 20.7 Å². The minimum atomic E-state index is 0.258. The van der Waals surface area contributed by atoms with Crippen molar-refractivity contribution >= 4 is 17.5 Å². The molecule has 2 aliphatic carbocycles. The van der Waals surface area contributed by atoms with E-state index in [0.29, 0.717) is 11.8 Å². The van der Waals surface area contributed by atoms with E-state index in [1.165, 1.54) is 6.42 Å². The Kier molecular flexibility index (Phi) is 2.34. The highest BCUT2D eigenvalue weighted by atomic mass is 32.2. The number of nitrogens with zero attached hydrogens (tertiary/aromatic N) is 5. The molecule has 2 aliphatic rings. The fourth-order valence-electron chi connectivity index (χ4n) is 2.76. The Balaban J connectivity index is 1.83. The highest BCUT2D eigenvalue weighted by Gasteiger charge is 2.46. The molecule has 3 rings (SSSR count). The fourth-order valence-corrected chi connectivity index (χ4v) is 4.06. The Bertz CT molecular complexity index is 431. The van der Waals surface area contributed by atoms with Gasteiger partial charge in [-0.25, -0.2) is 4.68 Å². The lowest BCUT2D eigenvalue weighted by atomic mass is 9.98. The Hall–Kier alpha value is -1.11. The molecule has 2 saturated carbocycles. The van der Waals surface area contributed by atoms with Crippen LogP contribution in [0, 0.1) is 11.8 Å². The third-order valence-corrected chi connectivity index (χ3v) is 4.98. The van der Waals surface area contributed by atoms with E-state index in [9.17, 15) is 0 Å². The molecule has 3 unspecified atom stereocenters. The second-order valence-corrected chi connectivity index (χ2v) is 5.53. The standard InChI is InChI=1S/C9H13N5OS/c1-14-9(10-12-13-14)16-8-6-3-2-5(4-6)7(8)11-15/h5-6,8,15H,2-4H2,1H3/b11-7-. The second kappa shape index (κ2) is 3.73. The first kappa shape index (κ1) is 10.1. The zero-order valence-electron chi connectivity index (χ0n) is 8.94. The number of fused-ring (bicyclic) bond motifs is 2.